The Morgan fingerprint density at radius 3 is 1.95 bits per heavy atom. The van der Waals surface area contributed by atoms with Crippen LogP contribution < -0.4 is 5.32 Å². The van der Waals surface area contributed by atoms with E-state index in [0.717, 1.165) is 12.7 Å². The van der Waals surface area contributed by atoms with Gasteiger partial charge in [-0.15, -0.1) is 0 Å². The summed E-state index contributed by atoms with van der Waals surface area (Å²) < 4.78 is 119. The zero-order valence-electron chi connectivity index (χ0n) is 21.6. The summed E-state index contributed by atoms with van der Waals surface area (Å²) in [6.45, 7) is 0.621. The highest BCUT2D eigenvalue weighted by molar-refractivity contribution is 7.81. The molecule has 234 valence electrons. The standard InChI is InChI=1S/C20H30N2O16S3/c1-3-22(16(24)10-9-13-7-5-4-6-8-13)12-15(23)21-11-14-17(36-39(25,26)27)18(37-40(28,29)30)19(20(34-2)35-14)38-41(31,32)33/h4-8,14,17-20H,3,9-12H2,1-2H3,(H,21,23)(H,25,26,27)(H,28,29,30)(H,31,32,33)/t14-,17-,18+,19+,20+/m1/s1. The Bertz CT molecular complexity index is 1350. The van der Waals surface area contributed by atoms with E-state index < -0.39 is 80.9 Å². The highest BCUT2D eigenvalue weighted by Crippen LogP contribution is 2.31. The van der Waals surface area contributed by atoms with Crippen LogP contribution in [0.5, 0.6) is 0 Å². The summed E-state index contributed by atoms with van der Waals surface area (Å²) >= 11 is 0. The average molecular weight is 651 g/mol. The number of amides is 2. The maximum absolute atomic E-state index is 12.6. The second kappa shape index (κ2) is 14.7. The number of likely N-dealkylation sites (N-methyl/N-ethyl adjacent to an activating group) is 1. The number of nitrogens with zero attached hydrogens (tertiary/aromatic N) is 1. The molecule has 5 atom stereocenters. The minimum atomic E-state index is -5.50. The first kappa shape index (κ1) is 34.9. The molecule has 4 N–H and O–H groups in total. The van der Waals surface area contributed by atoms with Gasteiger partial charge >= 0.3 is 31.2 Å². The number of hydrogen-bond acceptors (Lipinski definition) is 13. The molecule has 1 fully saturated rings. The molecule has 0 aromatic heterocycles. The molecule has 0 unspecified atom stereocenters. The number of benzene rings is 1. The van der Waals surface area contributed by atoms with E-state index in [4.69, 9.17) is 14.0 Å². The largest absolute Gasteiger partial charge is 0.397 e. The third kappa shape index (κ3) is 12.2. The lowest BCUT2D eigenvalue weighted by molar-refractivity contribution is -0.273. The van der Waals surface area contributed by atoms with Gasteiger partial charge in [-0.1, -0.05) is 30.3 Å². The molecule has 0 bridgehead atoms. The van der Waals surface area contributed by atoms with Crippen molar-refractivity contribution in [1.29, 1.82) is 0 Å². The van der Waals surface area contributed by atoms with Crippen molar-refractivity contribution in [1.82, 2.24) is 10.2 Å². The highest BCUT2D eigenvalue weighted by atomic mass is 32.3. The number of methoxy groups -OCH3 is 1. The first-order valence-electron chi connectivity index (χ1n) is 11.7. The fraction of sp³-hybridized carbons (Fsp3) is 0.600. The van der Waals surface area contributed by atoms with Crippen LogP contribution >= 0.6 is 0 Å². The fourth-order valence-electron chi connectivity index (χ4n) is 3.86. The van der Waals surface area contributed by atoms with Gasteiger partial charge in [-0.3, -0.25) is 23.2 Å². The van der Waals surface area contributed by atoms with Gasteiger partial charge in [0.1, 0.15) is 18.3 Å². The zero-order valence-corrected chi connectivity index (χ0v) is 24.1. The lowest BCUT2D eigenvalue weighted by atomic mass is 9.99. The number of hydrogen-bond donors (Lipinski definition) is 4. The van der Waals surface area contributed by atoms with Gasteiger partial charge in [0.05, 0.1) is 6.54 Å². The summed E-state index contributed by atoms with van der Waals surface area (Å²) in [5.74, 6) is -1.13. The normalized spacial score (nSPS) is 23.6. The van der Waals surface area contributed by atoms with E-state index >= 15 is 0 Å². The van der Waals surface area contributed by atoms with Crippen molar-refractivity contribution >= 4 is 43.0 Å². The van der Waals surface area contributed by atoms with Gasteiger partial charge in [0.25, 0.3) is 0 Å². The number of carbonyl (C=O) groups is 2. The smallest absolute Gasteiger partial charge is 0.353 e. The molecule has 0 aliphatic carbocycles. The minimum absolute atomic E-state index is 0.0977. The van der Waals surface area contributed by atoms with Crippen LogP contribution in [-0.2, 0) is 69.2 Å². The molecule has 1 aromatic rings. The maximum atomic E-state index is 12.6. The summed E-state index contributed by atoms with van der Waals surface area (Å²) in [6.07, 6.45) is -10.3. The molecular weight excluding hydrogens is 620 g/mol. The second-order valence-electron chi connectivity index (χ2n) is 8.44. The predicted molar refractivity (Wildman–Crippen MR) is 135 cm³/mol. The molecule has 0 spiro atoms. The Balaban J connectivity index is 2.21. The zero-order chi connectivity index (χ0) is 31.0. The molecule has 2 amide bonds. The SMILES string of the molecule is CCN(CC(=O)NC[C@H]1O[C@H](OC)[C@@H](OS(=O)(=O)O)[C@@H](OS(=O)(=O)O)[C@@H]1OS(=O)(=O)O)C(=O)CCc1ccccc1. The van der Waals surface area contributed by atoms with Crippen LogP contribution in [0.2, 0.25) is 0 Å². The van der Waals surface area contributed by atoms with Crippen molar-refractivity contribution in [2.24, 2.45) is 0 Å². The van der Waals surface area contributed by atoms with Crippen molar-refractivity contribution in [2.75, 3.05) is 26.7 Å². The minimum Gasteiger partial charge on any atom is -0.353 e. The van der Waals surface area contributed by atoms with E-state index in [-0.39, 0.29) is 18.9 Å². The molecule has 1 aliphatic heterocycles. The molecule has 18 nitrogen and oxygen atoms in total. The fourth-order valence-corrected chi connectivity index (χ4v) is 5.35. The van der Waals surface area contributed by atoms with Gasteiger partial charge in [-0.05, 0) is 18.9 Å². The van der Waals surface area contributed by atoms with Crippen LogP contribution in [0.3, 0.4) is 0 Å². The molecule has 2 rings (SSSR count). The quantitative estimate of drug-likeness (QED) is 0.158. The molecular formula is C20H30N2O16S3. The number of rotatable bonds is 15. The topological polar surface area (TPSA) is 259 Å². The van der Waals surface area contributed by atoms with Gasteiger partial charge in [-0.25, -0.2) is 12.5 Å². The van der Waals surface area contributed by atoms with E-state index in [1.807, 2.05) is 30.3 Å². The molecule has 0 saturated carbocycles. The van der Waals surface area contributed by atoms with Gasteiger partial charge in [-0.2, -0.15) is 25.3 Å². The first-order chi connectivity index (χ1) is 18.9. The van der Waals surface area contributed by atoms with Crippen LogP contribution in [0.4, 0.5) is 0 Å². The summed E-state index contributed by atoms with van der Waals surface area (Å²) in [5, 5.41) is 2.31. The molecule has 0 radical (unpaired) electrons. The van der Waals surface area contributed by atoms with Crippen molar-refractivity contribution in [3.05, 3.63) is 35.9 Å². The number of carbonyl (C=O) groups excluding carboxylic acids is 2. The van der Waals surface area contributed by atoms with Gasteiger partial charge < -0.3 is 19.7 Å². The van der Waals surface area contributed by atoms with E-state index in [2.05, 4.69) is 17.9 Å². The van der Waals surface area contributed by atoms with Crippen LogP contribution in [-0.4, -0.2) is 113 Å². The highest BCUT2D eigenvalue weighted by Gasteiger charge is 2.53. The van der Waals surface area contributed by atoms with Crippen LogP contribution in [0, 0.1) is 0 Å². The molecule has 21 heteroatoms. The van der Waals surface area contributed by atoms with Crippen molar-refractivity contribution in [2.45, 2.75) is 50.5 Å². The molecule has 41 heavy (non-hydrogen) atoms. The molecule has 1 saturated heterocycles. The van der Waals surface area contributed by atoms with E-state index in [0.29, 0.717) is 6.42 Å². The predicted octanol–water partition coefficient (Wildman–Crippen LogP) is -1.48. The van der Waals surface area contributed by atoms with Crippen LogP contribution in [0.1, 0.15) is 18.9 Å². The third-order valence-corrected chi connectivity index (χ3v) is 6.96. The molecule has 1 aromatic carbocycles. The van der Waals surface area contributed by atoms with Gasteiger partial charge in [0, 0.05) is 26.6 Å². The Morgan fingerprint density at radius 2 is 1.44 bits per heavy atom. The average Bonchev–Trinajstić information content (AvgIpc) is 2.85. The monoisotopic (exact) mass is 650 g/mol. The van der Waals surface area contributed by atoms with Crippen LogP contribution in [0.25, 0.3) is 0 Å². The lowest BCUT2D eigenvalue weighted by Crippen LogP contribution is -2.63. The van der Waals surface area contributed by atoms with Crippen molar-refractivity contribution in [3.63, 3.8) is 0 Å². The summed E-state index contributed by atoms with van der Waals surface area (Å²) in [6, 6.07) is 9.12. The number of ether oxygens (including phenoxy) is 2. The van der Waals surface area contributed by atoms with E-state index in [1.54, 1.807) is 6.92 Å². The summed E-state index contributed by atoms with van der Waals surface area (Å²) in [4.78, 5) is 26.5. The van der Waals surface area contributed by atoms with Crippen molar-refractivity contribution < 1.29 is 70.5 Å². The first-order valence-corrected chi connectivity index (χ1v) is 15.8. The number of nitrogens with one attached hydrogen (secondary N) is 1. The maximum Gasteiger partial charge on any atom is 0.397 e. The van der Waals surface area contributed by atoms with Gasteiger partial charge in [0.15, 0.2) is 12.4 Å². The Kier molecular flexibility index (Phi) is 12.5. The molecule has 1 aliphatic rings. The molecule has 1 heterocycles. The summed E-state index contributed by atoms with van der Waals surface area (Å²) in [5.41, 5.74) is 0.909. The van der Waals surface area contributed by atoms with E-state index in [9.17, 15) is 43.9 Å². The Hall–Kier alpha value is -2.31. The van der Waals surface area contributed by atoms with E-state index in [1.165, 1.54) is 4.90 Å². The van der Waals surface area contributed by atoms with Gasteiger partial charge in [0.2, 0.25) is 11.8 Å². The Morgan fingerprint density at radius 1 is 0.902 bits per heavy atom. The van der Waals surface area contributed by atoms with Crippen LogP contribution in [0.15, 0.2) is 30.3 Å². The summed E-state index contributed by atoms with van der Waals surface area (Å²) in [7, 11) is -15.4. The Labute approximate surface area is 236 Å². The van der Waals surface area contributed by atoms with Crippen molar-refractivity contribution in [3.8, 4) is 0 Å². The number of aryl methyl sites for hydroxylation is 1. The lowest BCUT2D eigenvalue weighted by Gasteiger charge is -2.43. The second-order valence-corrected chi connectivity index (χ2v) is 11.6. The third-order valence-electron chi connectivity index (χ3n) is 5.56.